The molecular formula is C14H17NO3. The monoisotopic (exact) mass is 247 g/mol. The third-order valence-corrected chi connectivity index (χ3v) is 3.52. The average molecular weight is 247 g/mol. The fourth-order valence-corrected chi connectivity index (χ4v) is 2.03. The van der Waals surface area contributed by atoms with Crippen LogP contribution in [0.2, 0.25) is 0 Å². The Morgan fingerprint density at radius 1 is 1.33 bits per heavy atom. The van der Waals surface area contributed by atoms with Gasteiger partial charge in [0.25, 0.3) is 5.91 Å². The number of carbonyl (C=O) groups excluding carboxylic acids is 1. The number of amides is 1. The highest BCUT2D eigenvalue weighted by Gasteiger charge is 2.50. The first-order chi connectivity index (χ1) is 8.44. The molecule has 2 rings (SSSR count). The molecule has 0 aromatic heterocycles. The summed E-state index contributed by atoms with van der Waals surface area (Å²) in [5.41, 5.74) is 1.91. The molecule has 0 bridgehead atoms. The predicted octanol–water partition coefficient (Wildman–Crippen LogP) is 1.90. The van der Waals surface area contributed by atoms with Crippen molar-refractivity contribution in [2.75, 3.05) is 6.54 Å². The maximum Gasteiger partial charge on any atom is 0.311 e. The molecule has 0 saturated heterocycles. The van der Waals surface area contributed by atoms with Gasteiger partial charge in [0.05, 0.1) is 5.41 Å². The Labute approximate surface area is 106 Å². The molecule has 18 heavy (non-hydrogen) atoms. The number of aliphatic carboxylic acids is 1. The van der Waals surface area contributed by atoms with E-state index in [1.807, 2.05) is 26.0 Å². The number of carbonyl (C=O) groups is 2. The van der Waals surface area contributed by atoms with Crippen molar-refractivity contribution in [3.05, 3.63) is 34.9 Å². The first-order valence-corrected chi connectivity index (χ1v) is 6.03. The molecule has 0 radical (unpaired) electrons. The van der Waals surface area contributed by atoms with E-state index in [9.17, 15) is 9.59 Å². The summed E-state index contributed by atoms with van der Waals surface area (Å²) < 4.78 is 0. The van der Waals surface area contributed by atoms with Gasteiger partial charge in [-0.1, -0.05) is 17.7 Å². The molecule has 0 spiro atoms. The smallest absolute Gasteiger partial charge is 0.311 e. The second-order valence-electron chi connectivity index (χ2n) is 5.09. The summed E-state index contributed by atoms with van der Waals surface area (Å²) in [4.78, 5) is 23.0. The Kier molecular flexibility index (Phi) is 3.11. The predicted molar refractivity (Wildman–Crippen MR) is 67.6 cm³/mol. The second kappa shape index (κ2) is 4.44. The molecule has 96 valence electrons. The summed E-state index contributed by atoms with van der Waals surface area (Å²) in [5, 5.41) is 11.8. The van der Waals surface area contributed by atoms with Crippen LogP contribution in [-0.2, 0) is 4.79 Å². The van der Waals surface area contributed by atoms with Gasteiger partial charge in [-0.25, -0.2) is 0 Å². The topological polar surface area (TPSA) is 66.4 Å². The van der Waals surface area contributed by atoms with E-state index in [1.165, 1.54) is 0 Å². The molecule has 1 aliphatic carbocycles. The maximum atomic E-state index is 12.0. The lowest BCUT2D eigenvalue weighted by molar-refractivity contribution is -0.143. The van der Waals surface area contributed by atoms with E-state index in [1.54, 1.807) is 6.07 Å². The van der Waals surface area contributed by atoms with Crippen LogP contribution in [0.1, 0.15) is 34.3 Å². The van der Waals surface area contributed by atoms with Gasteiger partial charge in [-0.05, 0) is 38.3 Å². The quantitative estimate of drug-likeness (QED) is 0.854. The van der Waals surface area contributed by atoms with Gasteiger partial charge in [0.1, 0.15) is 0 Å². The van der Waals surface area contributed by atoms with Crippen LogP contribution in [0.15, 0.2) is 18.2 Å². The van der Waals surface area contributed by atoms with E-state index in [4.69, 9.17) is 5.11 Å². The molecule has 4 nitrogen and oxygen atoms in total. The highest BCUT2D eigenvalue weighted by atomic mass is 16.4. The van der Waals surface area contributed by atoms with E-state index in [0.29, 0.717) is 18.4 Å². The minimum Gasteiger partial charge on any atom is -0.481 e. The van der Waals surface area contributed by atoms with Crippen molar-refractivity contribution in [3.63, 3.8) is 0 Å². The van der Waals surface area contributed by atoms with E-state index in [0.717, 1.165) is 11.1 Å². The zero-order valence-electron chi connectivity index (χ0n) is 10.6. The molecular weight excluding hydrogens is 230 g/mol. The van der Waals surface area contributed by atoms with E-state index in [-0.39, 0.29) is 12.5 Å². The Bertz CT molecular complexity index is 504. The van der Waals surface area contributed by atoms with Gasteiger partial charge in [-0.2, -0.15) is 0 Å². The van der Waals surface area contributed by atoms with Crippen molar-refractivity contribution < 1.29 is 14.7 Å². The molecule has 2 N–H and O–H groups in total. The molecule has 0 heterocycles. The van der Waals surface area contributed by atoms with Gasteiger partial charge in [-0.3, -0.25) is 9.59 Å². The molecule has 0 aliphatic heterocycles. The third kappa shape index (κ3) is 2.37. The van der Waals surface area contributed by atoms with Crippen LogP contribution >= 0.6 is 0 Å². The Morgan fingerprint density at radius 2 is 2.00 bits per heavy atom. The highest BCUT2D eigenvalue weighted by Crippen LogP contribution is 2.45. The van der Waals surface area contributed by atoms with Crippen LogP contribution in [-0.4, -0.2) is 23.5 Å². The minimum atomic E-state index is -0.816. The molecule has 4 heteroatoms. The summed E-state index contributed by atoms with van der Waals surface area (Å²) in [7, 11) is 0. The summed E-state index contributed by atoms with van der Waals surface area (Å²) >= 11 is 0. The van der Waals surface area contributed by atoms with Gasteiger partial charge >= 0.3 is 5.97 Å². The summed E-state index contributed by atoms with van der Waals surface area (Å²) in [6.45, 7) is 4.07. The standard InChI is InChI=1S/C14H17NO3/c1-9-3-4-11(10(2)7-9)12(16)15-8-14(5-6-14)13(17)18/h3-4,7H,5-6,8H2,1-2H3,(H,15,16)(H,17,18). The summed E-state index contributed by atoms with van der Waals surface area (Å²) in [5.74, 6) is -1.01. The average Bonchev–Trinajstić information content (AvgIpc) is 3.07. The van der Waals surface area contributed by atoms with Crippen LogP contribution in [0.5, 0.6) is 0 Å². The number of rotatable bonds is 4. The van der Waals surface area contributed by atoms with Crippen molar-refractivity contribution in [1.29, 1.82) is 0 Å². The molecule has 1 aromatic rings. The number of nitrogens with one attached hydrogen (secondary N) is 1. The Morgan fingerprint density at radius 3 is 2.50 bits per heavy atom. The van der Waals surface area contributed by atoms with Crippen molar-refractivity contribution in [2.45, 2.75) is 26.7 Å². The van der Waals surface area contributed by atoms with Gasteiger partial charge in [0.2, 0.25) is 0 Å². The summed E-state index contributed by atoms with van der Waals surface area (Å²) in [6, 6.07) is 5.60. The minimum absolute atomic E-state index is 0.194. The lowest BCUT2D eigenvalue weighted by Crippen LogP contribution is -2.34. The number of aryl methyl sites for hydroxylation is 2. The Balaban J connectivity index is 2.02. The van der Waals surface area contributed by atoms with Gasteiger partial charge in [0.15, 0.2) is 0 Å². The number of benzene rings is 1. The van der Waals surface area contributed by atoms with Crippen LogP contribution in [0, 0.1) is 19.3 Å². The molecule has 1 amide bonds. The van der Waals surface area contributed by atoms with E-state index >= 15 is 0 Å². The van der Waals surface area contributed by atoms with Crippen LogP contribution in [0.4, 0.5) is 0 Å². The fraction of sp³-hybridized carbons (Fsp3) is 0.429. The molecule has 1 aliphatic rings. The third-order valence-electron chi connectivity index (χ3n) is 3.52. The van der Waals surface area contributed by atoms with Crippen LogP contribution in [0.3, 0.4) is 0 Å². The van der Waals surface area contributed by atoms with Crippen LogP contribution < -0.4 is 5.32 Å². The zero-order valence-corrected chi connectivity index (χ0v) is 10.6. The van der Waals surface area contributed by atoms with E-state index < -0.39 is 11.4 Å². The maximum absolute atomic E-state index is 12.0. The number of hydrogen-bond acceptors (Lipinski definition) is 2. The van der Waals surface area contributed by atoms with Crippen molar-refractivity contribution in [3.8, 4) is 0 Å². The number of hydrogen-bond donors (Lipinski definition) is 2. The second-order valence-corrected chi connectivity index (χ2v) is 5.09. The molecule has 1 aromatic carbocycles. The van der Waals surface area contributed by atoms with Crippen molar-refractivity contribution in [1.82, 2.24) is 5.32 Å². The Hall–Kier alpha value is -1.84. The van der Waals surface area contributed by atoms with Gasteiger partial charge < -0.3 is 10.4 Å². The lowest BCUT2D eigenvalue weighted by atomic mass is 10.0. The van der Waals surface area contributed by atoms with E-state index in [2.05, 4.69) is 5.32 Å². The van der Waals surface area contributed by atoms with Gasteiger partial charge in [-0.15, -0.1) is 0 Å². The molecule has 1 saturated carbocycles. The number of carboxylic acid groups (broad SMARTS) is 1. The molecule has 0 atom stereocenters. The molecule has 1 fully saturated rings. The highest BCUT2D eigenvalue weighted by molar-refractivity contribution is 5.96. The van der Waals surface area contributed by atoms with Gasteiger partial charge in [0, 0.05) is 12.1 Å². The first kappa shape index (κ1) is 12.6. The SMILES string of the molecule is Cc1ccc(C(=O)NCC2(C(=O)O)CC2)c(C)c1. The molecule has 0 unspecified atom stereocenters. The van der Waals surface area contributed by atoms with Crippen molar-refractivity contribution >= 4 is 11.9 Å². The first-order valence-electron chi connectivity index (χ1n) is 6.03. The number of carboxylic acids is 1. The fourth-order valence-electron chi connectivity index (χ4n) is 2.03. The zero-order chi connectivity index (χ0) is 13.3. The lowest BCUT2D eigenvalue weighted by Gasteiger charge is -2.12. The summed E-state index contributed by atoms with van der Waals surface area (Å²) in [6.07, 6.45) is 1.30. The normalized spacial score (nSPS) is 16.1. The van der Waals surface area contributed by atoms with Crippen molar-refractivity contribution in [2.24, 2.45) is 5.41 Å². The van der Waals surface area contributed by atoms with Crippen LogP contribution in [0.25, 0.3) is 0 Å². The largest absolute Gasteiger partial charge is 0.481 e.